The molecule has 37 heavy (non-hydrogen) atoms. The van der Waals surface area contributed by atoms with Gasteiger partial charge in [0.15, 0.2) is 5.11 Å². The molecule has 0 bridgehead atoms. The molecule has 5 rings (SSSR count). The average Bonchev–Trinajstić information content (AvgIpc) is 3.29. The summed E-state index contributed by atoms with van der Waals surface area (Å²) in [5.41, 5.74) is 4.53. The van der Waals surface area contributed by atoms with Gasteiger partial charge >= 0.3 is 0 Å². The number of rotatable bonds is 6. The summed E-state index contributed by atoms with van der Waals surface area (Å²) in [6.45, 7) is 6.69. The number of benzene rings is 4. The molecule has 186 valence electrons. The SMILES string of the molecule is Cc1cc2nn(-c3cccc4ccccc34)nc2cc1NC(=S)NC(=O)c1cccc(OCC(C)C)c1. The molecule has 0 fully saturated rings. The number of nitrogens with one attached hydrogen (secondary N) is 2. The van der Waals surface area contributed by atoms with Crippen molar-refractivity contribution in [1.82, 2.24) is 20.3 Å². The molecule has 0 aliphatic heterocycles. The molecule has 0 aliphatic rings. The first-order chi connectivity index (χ1) is 17.9. The van der Waals surface area contributed by atoms with Crippen LogP contribution >= 0.6 is 12.2 Å². The van der Waals surface area contributed by atoms with Crippen molar-refractivity contribution in [2.45, 2.75) is 20.8 Å². The molecule has 4 aromatic carbocycles. The highest BCUT2D eigenvalue weighted by Gasteiger charge is 2.13. The molecule has 1 amide bonds. The Morgan fingerprint density at radius 2 is 1.70 bits per heavy atom. The van der Waals surface area contributed by atoms with E-state index in [1.54, 1.807) is 23.0 Å². The lowest BCUT2D eigenvalue weighted by atomic mass is 10.1. The summed E-state index contributed by atoms with van der Waals surface area (Å²) in [5.74, 6) is 0.729. The van der Waals surface area contributed by atoms with Crippen LogP contribution < -0.4 is 15.4 Å². The van der Waals surface area contributed by atoms with Crippen LogP contribution in [0.4, 0.5) is 5.69 Å². The van der Waals surface area contributed by atoms with Crippen molar-refractivity contribution in [2.24, 2.45) is 5.92 Å². The Kier molecular flexibility index (Phi) is 6.83. The second-order valence-corrected chi connectivity index (χ2v) is 9.69. The Balaban J connectivity index is 1.33. The maximum absolute atomic E-state index is 12.8. The van der Waals surface area contributed by atoms with E-state index in [2.05, 4.69) is 42.7 Å². The maximum atomic E-state index is 12.8. The van der Waals surface area contributed by atoms with Crippen LogP contribution in [0.1, 0.15) is 29.8 Å². The van der Waals surface area contributed by atoms with Crippen LogP contribution in [0.15, 0.2) is 78.9 Å². The lowest BCUT2D eigenvalue weighted by Crippen LogP contribution is -2.34. The van der Waals surface area contributed by atoms with E-state index < -0.39 is 0 Å². The summed E-state index contributed by atoms with van der Waals surface area (Å²) in [5, 5.41) is 17.7. The number of ether oxygens (including phenoxy) is 1. The molecule has 8 heteroatoms. The first-order valence-electron chi connectivity index (χ1n) is 12.1. The third-order valence-corrected chi connectivity index (χ3v) is 6.07. The lowest BCUT2D eigenvalue weighted by molar-refractivity contribution is 0.0977. The Bertz CT molecular complexity index is 1620. The zero-order valence-corrected chi connectivity index (χ0v) is 21.7. The standard InChI is InChI=1S/C29H27N5O2S/c1-18(2)17-36-22-11-6-10-21(15-22)28(35)31-29(37)30-24-16-26-25(14-19(24)3)32-34(33-26)27-13-7-9-20-8-4-5-12-23(20)27/h4-16,18H,17H2,1-3H3,(H2,30,31,35,37). The number of hydrogen-bond acceptors (Lipinski definition) is 5. The fourth-order valence-corrected chi connectivity index (χ4v) is 4.21. The monoisotopic (exact) mass is 509 g/mol. The maximum Gasteiger partial charge on any atom is 0.257 e. The highest BCUT2D eigenvalue weighted by Crippen LogP contribution is 2.25. The summed E-state index contributed by atoms with van der Waals surface area (Å²) >= 11 is 5.43. The van der Waals surface area contributed by atoms with E-state index in [9.17, 15) is 4.79 Å². The van der Waals surface area contributed by atoms with Crippen LogP contribution in [-0.4, -0.2) is 32.6 Å². The van der Waals surface area contributed by atoms with Gasteiger partial charge in [0.25, 0.3) is 5.91 Å². The van der Waals surface area contributed by atoms with Crippen molar-refractivity contribution in [2.75, 3.05) is 11.9 Å². The lowest BCUT2D eigenvalue weighted by Gasteiger charge is -2.13. The molecule has 5 aromatic rings. The van der Waals surface area contributed by atoms with E-state index >= 15 is 0 Å². The van der Waals surface area contributed by atoms with Gasteiger partial charge in [-0.05, 0) is 72.4 Å². The molecule has 2 N–H and O–H groups in total. The van der Waals surface area contributed by atoms with Crippen molar-refractivity contribution in [3.05, 3.63) is 90.0 Å². The molecule has 0 radical (unpaired) electrons. The second kappa shape index (κ2) is 10.4. The number of hydrogen-bond donors (Lipinski definition) is 2. The van der Waals surface area contributed by atoms with Gasteiger partial charge in [-0.2, -0.15) is 0 Å². The number of nitrogens with zero attached hydrogens (tertiary/aromatic N) is 3. The van der Waals surface area contributed by atoms with Gasteiger partial charge < -0.3 is 10.1 Å². The number of aryl methyl sites for hydroxylation is 1. The van der Waals surface area contributed by atoms with Gasteiger partial charge in [-0.1, -0.05) is 56.3 Å². The van der Waals surface area contributed by atoms with Gasteiger partial charge in [0.2, 0.25) is 0 Å². The number of thiocarbonyl (C=S) groups is 1. The van der Waals surface area contributed by atoms with Crippen molar-refractivity contribution in [1.29, 1.82) is 0 Å². The smallest absolute Gasteiger partial charge is 0.257 e. The zero-order valence-electron chi connectivity index (χ0n) is 20.9. The minimum atomic E-state index is -0.312. The predicted molar refractivity (Wildman–Crippen MR) is 152 cm³/mol. The van der Waals surface area contributed by atoms with Crippen LogP contribution in [0, 0.1) is 12.8 Å². The number of carbonyl (C=O) groups is 1. The molecular weight excluding hydrogens is 482 g/mol. The Morgan fingerprint density at radius 3 is 2.51 bits per heavy atom. The van der Waals surface area contributed by atoms with Gasteiger partial charge in [0.1, 0.15) is 16.8 Å². The summed E-state index contributed by atoms with van der Waals surface area (Å²) < 4.78 is 5.73. The minimum absolute atomic E-state index is 0.197. The topological polar surface area (TPSA) is 81.1 Å². The number of fused-ring (bicyclic) bond motifs is 2. The van der Waals surface area contributed by atoms with Crippen LogP contribution in [0.5, 0.6) is 5.75 Å². The largest absolute Gasteiger partial charge is 0.493 e. The minimum Gasteiger partial charge on any atom is -0.493 e. The third kappa shape index (κ3) is 5.44. The highest BCUT2D eigenvalue weighted by molar-refractivity contribution is 7.80. The van der Waals surface area contributed by atoms with Crippen LogP contribution in [-0.2, 0) is 0 Å². The van der Waals surface area contributed by atoms with Crippen LogP contribution in [0.3, 0.4) is 0 Å². The quantitative estimate of drug-likeness (QED) is 0.272. The summed E-state index contributed by atoms with van der Waals surface area (Å²) in [6, 6.07) is 25.1. The molecule has 0 saturated carbocycles. The number of carbonyl (C=O) groups excluding carboxylic acids is 1. The summed E-state index contributed by atoms with van der Waals surface area (Å²) in [4.78, 5) is 14.4. The van der Waals surface area contributed by atoms with E-state index in [0.717, 1.165) is 33.2 Å². The fraction of sp³-hybridized carbons (Fsp3) is 0.172. The first-order valence-corrected chi connectivity index (χ1v) is 12.5. The normalized spacial score (nSPS) is 11.1. The molecule has 0 saturated heterocycles. The van der Waals surface area contributed by atoms with Gasteiger partial charge in [-0.3, -0.25) is 10.1 Å². The molecular formula is C29H27N5O2S. The van der Waals surface area contributed by atoms with Gasteiger partial charge in [-0.25, -0.2) is 0 Å². The summed E-state index contributed by atoms with van der Waals surface area (Å²) in [7, 11) is 0. The number of anilines is 1. The van der Waals surface area contributed by atoms with Crippen molar-refractivity contribution in [3.63, 3.8) is 0 Å². The van der Waals surface area contributed by atoms with Gasteiger partial charge in [-0.15, -0.1) is 15.0 Å². The van der Waals surface area contributed by atoms with Crippen LogP contribution in [0.2, 0.25) is 0 Å². The first kappa shape index (κ1) is 24.4. The zero-order chi connectivity index (χ0) is 25.9. The van der Waals surface area contributed by atoms with Gasteiger partial charge in [0, 0.05) is 16.6 Å². The molecule has 0 aliphatic carbocycles. The number of aromatic nitrogens is 3. The van der Waals surface area contributed by atoms with E-state index in [-0.39, 0.29) is 11.0 Å². The third-order valence-electron chi connectivity index (χ3n) is 5.86. The van der Waals surface area contributed by atoms with Crippen molar-refractivity contribution >= 4 is 50.7 Å². The Labute approximate surface area is 220 Å². The average molecular weight is 510 g/mol. The fourth-order valence-electron chi connectivity index (χ4n) is 4.01. The summed E-state index contributed by atoms with van der Waals surface area (Å²) in [6.07, 6.45) is 0. The Morgan fingerprint density at radius 1 is 0.973 bits per heavy atom. The van der Waals surface area contributed by atoms with E-state index in [4.69, 9.17) is 27.2 Å². The second-order valence-electron chi connectivity index (χ2n) is 9.28. The van der Waals surface area contributed by atoms with Gasteiger partial charge in [0.05, 0.1) is 12.3 Å². The molecule has 0 spiro atoms. The number of amides is 1. The Hall–Kier alpha value is -4.30. The molecule has 7 nitrogen and oxygen atoms in total. The van der Waals surface area contributed by atoms with E-state index in [1.807, 2.05) is 49.4 Å². The van der Waals surface area contributed by atoms with Crippen molar-refractivity contribution in [3.8, 4) is 11.4 Å². The highest BCUT2D eigenvalue weighted by atomic mass is 32.1. The van der Waals surface area contributed by atoms with E-state index in [0.29, 0.717) is 29.4 Å². The molecule has 1 aromatic heterocycles. The van der Waals surface area contributed by atoms with Crippen molar-refractivity contribution < 1.29 is 9.53 Å². The molecule has 1 heterocycles. The van der Waals surface area contributed by atoms with Crippen LogP contribution in [0.25, 0.3) is 27.5 Å². The molecule has 0 unspecified atom stereocenters. The van der Waals surface area contributed by atoms with E-state index in [1.165, 1.54) is 0 Å². The predicted octanol–water partition coefficient (Wildman–Crippen LogP) is 6.04. The molecule has 0 atom stereocenters.